The Bertz CT molecular complexity index is 968. The van der Waals surface area contributed by atoms with Crippen LogP contribution < -0.4 is 5.32 Å². The van der Waals surface area contributed by atoms with Crippen LogP contribution in [0.1, 0.15) is 28.5 Å². The van der Waals surface area contributed by atoms with E-state index in [1.165, 1.54) is 12.1 Å². The van der Waals surface area contributed by atoms with Crippen molar-refractivity contribution in [1.29, 1.82) is 5.26 Å². The van der Waals surface area contributed by atoms with Crippen LogP contribution in [0, 0.1) is 17.1 Å². The Morgan fingerprint density at radius 2 is 2.11 bits per heavy atom. The number of hydrogen-bond donors (Lipinski definition) is 2. The Balaban J connectivity index is 2.17. The summed E-state index contributed by atoms with van der Waals surface area (Å²) in [6.45, 7) is 1.59. The van der Waals surface area contributed by atoms with Crippen LogP contribution in [0.4, 0.5) is 10.1 Å². The molecule has 0 spiro atoms. The van der Waals surface area contributed by atoms with Gasteiger partial charge in [-0.2, -0.15) is 5.26 Å². The lowest BCUT2D eigenvalue weighted by Crippen LogP contribution is -2.18. The number of H-pyrrole nitrogens is 1. The van der Waals surface area contributed by atoms with Crippen molar-refractivity contribution in [2.75, 3.05) is 11.9 Å². The van der Waals surface area contributed by atoms with Crippen LogP contribution in [-0.2, 0) is 20.7 Å². The summed E-state index contributed by atoms with van der Waals surface area (Å²) in [5.74, 6) is -3.25. The highest BCUT2D eigenvalue weighted by molar-refractivity contribution is 9.10. The second-order valence-corrected chi connectivity index (χ2v) is 6.36. The Labute approximate surface area is 166 Å². The highest BCUT2D eigenvalue weighted by Crippen LogP contribution is 2.30. The molecule has 0 radical (unpaired) electrons. The van der Waals surface area contributed by atoms with Gasteiger partial charge in [-0.05, 0) is 41.1 Å². The van der Waals surface area contributed by atoms with Gasteiger partial charge in [-0.25, -0.2) is 9.18 Å². The molecule has 1 aromatic carbocycles. The molecule has 1 heterocycles. The summed E-state index contributed by atoms with van der Waals surface area (Å²) in [7, 11) is 0. The predicted octanol–water partition coefficient (Wildman–Crippen LogP) is 3.37. The van der Waals surface area contributed by atoms with Crippen LogP contribution in [0.15, 0.2) is 22.8 Å². The topological polar surface area (TPSA) is 112 Å². The number of carbonyl (C=O) groups is 3. The molecular formula is C17H12BrClFN3O4. The maximum Gasteiger partial charge on any atom is 0.379 e. The number of ketones is 1. The minimum atomic E-state index is -1.06. The molecular weight excluding hydrogens is 445 g/mol. The van der Waals surface area contributed by atoms with Crippen molar-refractivity contribution in [3.63, 3.8) is 0 Å². The van der Waals surface area contributed by atoms with E-state index >= 15 is 0 Å². The molecule has 140 valence electrons. The number of halogens is 3. The predicted molar refractivity (Wildman–Crippen MR) is 97.9 cm³/mol. The minimum Gasteiger partial charge on any atom is -0.460 e. The van der Waals surface area contributed by atoms with Gasteiger partial charge in [0.2, 0.25) is 5.91 Å². The molecule has 0 saturated carbocycles. The number of Topliss-reactive ketones (excluding diaryl/α,β-unsaturated/α-hetero) is 1. The van der Waals surface area contributed by atoms with Crippen LogP contribution in [0.25, 0.3) is 0 Å². The number of nitrogens with zero attached hydrogens (tertiary/aromatic N) is 1. The molecule has 0 saturated heterocycles. The van der Waals surface area contributed by atoms with Gasteiger partial charge < -0.3 is 15.0 Å². The monoisotopic (exact) mass is 455 g/mol. The SMILES string of the molecule is CCOC(=O)C(=O)c1c(Br)[nH]c(CC(=O)Nc2ccc(F)c(C#N)c2)c1Cl. The number of rotatable bonds is 6. The molecule has 0 aliphatic carbocycles. The van der Waals surface area contributed by atoms with E-state index in [9.17, 15) is 18.8 Å². The number of aromatic nitrogens is 1. The normalized spacial score (nSPS) is 10.2. The zero-order valence-corrected chi connectivity index (χ0v) is 16.2. The van der Waals surface area contributed by atoms with E-state index in [0.29, 0.717) is 0 Å². The van der Waals surface area contributed by atoms with E-state index in [-0.39, 0.29) is 45.2 Å². The van der Waals surface area contributed by atoms with Gasteiger partial charge >= 0.3 is 5.97 Å². The summed E-state index contributed by atoms with van der Waals surface area (Å²) in [5.41, 5.74) is 0.0704. The third kappa shape index (κ3) is 4.72. The standard InChI is InChI=1S/C17H12BrClFN3O4/c1-2-27-17(26)15(25)13-14(19)11(23-16(13)18)6-12(24)22-9-3-4-10(20)8(5-9)7-21/h3-5,23H,2,6H2,1H3,(H,22,24). The number of benzene rings is 1. The Morgan fingerprint density at radius 1 is 1.41 bits per heavy atom. The van der Waals surface area contributed by atoms with Crippen molar-refractivity contribution >= 4 is 50.9 Å². The van der Waals surface area contributed by atoms with E-state index in [4.69, 9.17) is 16.9 Å². The largest absolute Gasteiger partial charge is 0.460 e. The first-order chi connectivity index (χ1) is 12.8. The fourth-order valence-electron chi connectivity index (χ4n) is 2.17. The first kappa shape index (κ1) is 20.6. The van der Waals surface area contributed by atoms with E-state index in [1.807, 2.05) is 0 Å². The summed E-state index contributed by atoms with van der Waals surface area (Å²) in [6.07, 6.45) is -0.257. The fraction of sp³-hybridized carbons (Fsp3) is 0.176. The molecule has 1 amide bonds. The van der Waals surface area contributed by atoms with Crippen LogP contribution in [0.3, 0.4) is 0 Å². The number of hydrogen-bond acceptors (Lipinski definition) is 5. The zero-order valence-electron chi connectivity index (χ0n) is 13.9. The number of nitrogens with one attached hydrogen (secondary N) is 2. The van der Waals surface area contributed by atoms with E-state index < -0.39 is 23.5 Å². The number of carbonyl (C=O) groups excluding carboxylic acids is 3. The van der Waals surface area contributed by atoms with Crippen LogP contribution in [0.2, 0.25) is 5.02 Å². The highest BCUT2D eigenvalue weighted by atomic mass is 79.9. The molecule has 7 nitrogen and oxygen atoms in total. The molecule has 0 atom stereocenters. The maximum absolute atomic E-state index is 13.3. The average Bonchev–Trinajstić information content (AvgIpc) is 2.89. The van der Waals surface area contributed by atoms with Crippen LogP contribution >= 0.6 is 27.5 Å². The maximum atomic E-state index is 13.3. The molecule has 2 rings (SSSR count). The fourth-order valence-corrected chi connectivity index (χ4v) is 3.20. The van der Waals surface area contributed by atoms with Gasteiger partial charge in [0, 0.05) is 11.4 Å². The van der Waals surface area contributed by atoms with Crippen molar-refractivity contribution in [1.82, 2.24) is 4.98 Å². The second kappa shape index (κ2) is 8.79. The molecule has 0 unspecified atom stereocenters. The van der Waals surface area contributed by atoms with Crippen molar-refractivity contribution in [2.24, 2.45) is 0 Å². The minimum absolute atomic E-state index is 0.0296. The lowest BCUT2D eigenvalue weighted by Gasteiger charge is -2.06. The van der Waals surface area contributed by atoms with E-state index in [0.717, 1.165) is 6.07 Å². The zero-order chi connectivity index (χ0) is 20.1. The van der Waals surface area contributed by atoms with Gasteiger partial charge in [0.05, 0.1) is 33.8 Å². The third-order valence-corrected chi connectivity index (χ3v) is 4.37. The number of esters is 1. The molecule has 0 bridgehead atoms. The van der Waals surface area contributed by atoms with Gasteiger partial charge in [-0.1, -0.05) is 11.6 Å². The van der Waals surface area contributed by atoms with Crippen LogP contribution in [-0.4, -0.2) is 29.3 Å². The number of nitriles is 1. The molecule has 0 aliphatic rings. The Kier molecular flexibility index (Phi) is 6.71. The Hall–Kier alpha value is -2.70. The quantitative estimate of drug-likeness (QED) is 0.393. The molecule has 2 N–H and O–H groups in total. The number of anilines is 1. The second-order valence-electron chi connectivity index (χ2n) is 5.19. The van der Waals surface area contributed by atoms with Gasteiger partial charge in [-0.3, -0.25) is 9.59 Å². The molecule has 0 aliphatic heterocycles. The molecule has 1 aromatic heterocycles. The molecule has 0 fully saturated rings. The number of ether oxygens (including phenoxy) is 1. The number of aromatic amines is 1. The molecule has 10 heteroatoms. The van der Waals surface area contributed by atoms with Crippen molar-refractivity contribution in [3.8, 4) is 6.07 Å². The number of amides is 1. The third-order valence-electron chi connectivity index (χ3n) is 3.36. The summed E-state index contributed by atoms with van der Waals surface area (Å²) >= 11 is 9.22. The van der Waals surface area contributed by atoms with E-state index in [2.05, 4.69) is 31.0 Å². The van der Waals surface area contributed by atoms with Gasteiger partial charge in [0.1, 0.15) is 11.9 Å². The lowest BCUT2D eigenvalue weighted by molar-refractivity contribution is -0.137. The first-order valence-corrected chi connectivity index (χ1v) is 8.72. The van der Waals surface area contributed by atoms with Crippen molar-refractivity contribution in [2.45, 2.75) is 13.3 Å². The Morgan fingerprint density at radius 3 is 2.74 bits per heavy atom. The van der Waals surface area contributed by atoms with Gasteiger partial charge in [0.25, 0.3) is 5.78 Å². The van der Waals surface area contributed by atoms with Gasteiger partial charge in [-0.15, -0.1) is 0 Å². The summed E-state index contributed by atoms with van der Waals surface area (Å²) in [6, 6.07) is 5.22. The van der Waals surface area contributed by atoms with Crippen molar-refractivity contribution < 1.29 is 23.5 Å². The highest BCUT2D eigenvalue weighted by Gasteiger charge is 2.27. The van der Waals surface area contributed by atoms with Gasteiger partial charge in [0.15, 0.2) is 0 Å². The molecule has 2 aromatic rings. The smallest absolute Gasteiger partial charge is 0.379 e. The average molecular weight is 457 g/mol. The summed E-state index contributed by atoms with van der Waals surface area (Å²) in [4.78, 5) is 38.6. The van der Waals surface area contributed by atoms with Crippen molar-refractivity contribution in [3.05, 3.63) is 50.5 Å². The molecule has 27 heavy (non-hydrogen) atoms. The summed E-state index contributed by atoms with van der Waals surface area (Å²) in [5, 5.41) is 11.2. The van der Waals surface area contributed by atoms with Crippen LogP contribution in [0.5, 0.6) is 0 Å². The summed E-state index contributed by atoms with van der Waals surface area (Å²) < 4.78 is 18.1. The van der Waals surface area contributed by atoms with E-state index in [1.54, 1.807) is 13.0 Å². The lowest BCUT2D eigenvalue weighted by atomic mass is 10.2. The first-order valence-electron chi connectivity index (χ1n) is 7.55.